The van der Waals surface area contributed by atoms with E-state index < -0.39 is 6.86 Å². The molecule has 0 saturated heterocycles. The van der Waals surface area contributed by atoms with Crippen molar-refractivity contribution in [3.8, 4) is 0 Å². The fraction of sp³-hybridized carbons (Fsp3) is 0.800. The third-order valence-electron chi connectivity index (χ3n) is 2.37. The smallest absolute Gasteiger partial charge is 0.188 e. The summed E-state index contributed by atoms with van der Waals surface area (Å²) in [5, 5.41) is 0. The summed E-state index contributed by atoms with van der Waals surface area (Å²) in [6.07, 6.45) is 5.93. The summed E-state index contributed by atoms with van der Waals surface area (Å²) >= 11 is 0. The summed E-state index contributed by atoms with van der Waals surface area (Å²) in [5.41, 5.74) is 0. The van der Waals surface area contributed by atoms with Crippen LogP contribution in [0.15, 0.2) is 12.7 Å². The number of halogens is 1. The Morgan fingerprint density at radius 3 is 2.15 bits per heavy atom. The fourth-order valence-electron chi connectivity index (χ4n) is 1.66. The van der Waals surface area contributed by atoms with Crippen LogP contribution in [0.3, 0.4) is 0 Å². The van der Waals surface area contributed by atoms with E-state index in [4.69, 9.17) is 9.47 Å². The third kappa shape index (κ3) is 3.87. The first kappa shape index (κ1) is 10.7. The molecule has 3 heteroatoms. The predicted molar refractivity (Wildman–Crippen MR) is 49.3 cm³/mol. The molecule has 1 rings (SSSR count). The van der Waals surface area contributed by atoms with E-state index >= 15 is 0 Å². The van der Waals surface area contributed by atoms with Crippen LogP contribution in [0, 0.1) is 0 Å². The Morgan fingerprint density at radius 1 is 1.15 bits per heavy atom. The first-order chi connectivity index (χ1) is 6.36. The van der Waals surface area contributed by atoms with Gasteiger partial charge >= 0.3 is 0 Å². The van der Waals surface area contributed by atoms with E-state index in [0.29, 0.717) is 12.7 Å². The molecule has 1 aliphatic rings. The van der Waals surface area contributed by atoms with Crippen LogP contribution >= 0.6 is 0 Å². The van der Waals surface area contributed by atoms with Crippen molar-refractivity contribution in [2.45, 2.75) is 37.9 Å². The summed E-state index contributed by atoms with van der Waals surface area (Å²) in [6.45, 7) is 3.54. The van der Waals surface area contributed by atoms with Gasteiger partial charge < -0.3 is 9.47 Å². The van der Waals surface area contributed by atoms with E-state index in [2.05, 4.69) is 6.58 Å². The molecule has 0 N–H and O–H groups in total. The molecule has 0 radical (unpaired) electrons. The minimum atomic E-state index is -0.664. The molecule has 0 aromatic heterocycles. The molecule has 0 bridgehead atoms. The molecule has 76 valence electrons. The van der Waals surface area contributed by atoms with Crippen LogP contribution in [0.1, 0.15) is 25.7 Å². The zero-order chi connectivity index (χ0) is 9.52. The quantitative estimate of drug-likeness (QED) is 0.617. The number of alkyl halides is 1. The normalized spacial score (nSPS) is 28.7. The minimum Gasteiger partial charge on any atom is -0.374 e. The highest BCUT2D eigenvalue weighted by atomic mass is 19.1. The first-order valence-corrected chi connectivity index (χ1v) is 4.77. The van der Waals surface area contributed by atoms with Gasteiger partial charge in [-0.1, -0.05) is 6.08 Å². The Kier molecular flexibility index (Phi) is 5.01. The maximum absolute atomic E-state index is 11.8. The van der Waals surface area contributed by atoms with Gasteiger partial charge in [-0.05, 0) is 25.7 Å². The highest BCUT2D eigenvalue weighted by Gasteiger charge is 2.21. The van der Waals surface area contributed by atoms with Crippen molar-refractivity contribution in [3.63, 3.8) is 0 Å². The molecule has 13 heavy (non-hydrogen) atoms. The Bertz CT molecular complexity index is 142. The topological polar surface area (TPSA) is 18.5 Å². The van der Waals surface area contributed by atoms with Gasteiger partial charge in [0, 0.05) is 0 Å². The van der Waals surface area contributed by atoms with Crippen LogP contribution in [0.5, 0.6) is 0 Å². The second-order valence-corrected chi connectivity index (χ2v) is 3.30. The van der Waals surface area contributed by atoms with Crippen LogP contribution in [-0.4, -0.2) is 25.7 Å². The van der Waals surface area contributed by atoms with Crippen LogP contribution in [-0.2, 0) is 9.47 Å². The molecule has 0 aliphatic heterocycles. The lowest BCUT2D eigenvalue weighted by Gasteiger charge is -2.27. The van der Waals surface area contributed by atoms with Crippen molar-refractivity contribution in [1.29, 1.82) is 0 Å². The molecular formula is C10H17FO2. The molecule has 0 heterocycles. The maximum Gasteiger partial charge on any atom is 0.188 e. The van der Waals surface area contributed by atoms with E-state index in [0.717, 1.165) is 25.7 Å². The molecule has 0 spiro atoms. The Morgan fingerprint density at radius 2 is 1.69 bits per heavy atom. The van der Waals surface area contributed by atoms with Gasteiger partial charge in [0.05, 0.1) is 18.8 Å². The minimum absolute atomic E-state index is 0.105. The van der Waals surface area contributed by atoms with Gasteiger partial charge in [0.15, 0.2) is 6.86 Å². The zero-order valence-corrected chi connectivity index (χ0v) is 7.88. The highest BCUT2D eigenvalue weighted by Crippen LogP contribution is 2.23. The van der Waals surface area contributed by atoms with Crippen molar-refractivity contribution in [2.75, 3.05) is 13.5 Å². The van der Waals surface area contributed by atoms with Gasteiger partial charge in [0.2, 0.25) is 0 Å². The molecule has 0 aromatic carbocycles. The summed E-state index contributed by atoms with van der Waals surface area (Å²) in [4.78, 5) is 0. The zero-order valence-electron chi connectivity index (χ0n) is 7.88. The Balaban J connectivity index is 2.11. The number of hydrogen-bond acceptors (Lipinski definition) is 2. The summed E-state index contributed by atoms with van der Waals surface area (Å²) < 4.78 is 22.2. The molecule has 0 aromatic rings. The maximum atomic E-state index is 11.8. The van der Waals surface area contributed by atoms with Gasteiger partial charge in [-0.3, -0.25) is 0 Å². The van der Waals surface area contributed by atoms with E-state index in [9.17, 15) is 4.39 Å². The van der Waals surface area contributed by atoms with Crippen molar-refractivity contribution >= 4 is 0 Å². The van der Waals surface area contributed by atoms with Gasteiger partial charge in [-0.2, -0.15) is 0 Å². The highest BCUT2D eigenvalue weighted by molar-refractivity contribution is 4.74. The molecule has 1 fully saturated rings. The number of ether oxygens (including phenoxy) is 2. The third-order valence-corrected chi connectivity index (χ3v) is 2.37. The van der Waals surface area contributed by atoms with Crippen molar-refractivity contribution in [2.24, 2.45) is 0 Å². The molecule has 0 unspecified atom stereocenters. The van der Waals surface area contributed by atoms with E-state index in [1.165, 1.54) is 0 Å². The van der Waals surface area contributed by atoms with Gasteiger partial charge in [-0.15, -0.1) is 6.58 Å². The molecule has 2 nitrogen and oxygen atoms in total. The predicted octanol–water partition coefficient (Wildman–Crippen LogP) is 2.44. The van der Waals surface area contributed by atoms with Gasteiger partial charge in [0.25, 0.3) is 0 Å². The van der Waals surface area contributed by atoms with E-state index in [-0.39, 0.29) is 6.10 Å². The van der Waals surface area contributed by atoms with Crippen molar-refractivity contribution < 1.29 is 13.9 Å². The Labute approximate surface area is 78.7 Å². The molecule has 0 atom stereocenters. The van der Waals surface area contributed by atoms with Crippen LogP contribution < -0.4 is 0 Å². The fourth-order valence-corrected chi connectivity index (χ4v) is 1.66. The molecule has 0 amide bonds. The summed E-state index contributed by atoms with van der Waals surface area (Å²) in [6, 6.07) is 0. The first-order valence-electron chi connectivity index (χ1n) is 4.77. The Hall–Kier alpha value is -0.410. The van der Waals surface area contributed by atoms with Gasteiger partial charge in [0.1, 0.15) is 0 Å². The lowest BCUT2D eigenvalue weighted by atomic mass is 9.95. The van der Waals surface area contributed by atoms with Crippen molar-refractivity contribution in [3.05, 3.63) is 12.7 Å². The number of hydrogen-bond donors (Lipinski definition) is 0. The van der Waals surface area contributed by atoms with Crippen molar-refractivity contribution in [1.82, 2.24) is 0 Å². The van der Waals surface area contributed by atoms with Crippen LogP contribution in [0.25, 0.3) is 0 Å². The van der Waals surface area contributed by atoms with E-state index in [1.54, 1.807) is 6.08 Å². The molecule has 1 aliphatic carbocycles. The van der Waals surface area contributed by atoms with E-state index in [1.807, 2.05) is 0 Å². The lowest BCUT2D eigenvalue weighted by molar-refractivity contribution is -0.0520. The molecule has 1 saturated carbocycles. The average molecular weight is 188 g/mol. The summed E-state index contributed by atoms with van der Waals surface area (Å²) in [5.74, 6) is 0. The monoisotopic (exact) mass is 188 g/mol. The standard InChI is InChI=1S/C10H17FO2/c1-2-7-12-9-3-5-10(6-4-9)13-8-11/h2,9-10H,1,3-8H2. The second kappa shape index (κ2) is 6.11. The largest absolute Gasteiger partial charge is 0.374 e. The van der Waals surface area contributed by atoms with Gasteiger partial charge in [-0.25, -0.2) is 4.39 Å². The SMILES string of the molecule is C=CCOC1CCC(OCF)CC1. The molecular weight excluding hydrogens is 171 g/mol. The average Bonchev–Trinajstić information content (AvgIpc) is 2.17. The summed E-state index contributed by atoms with van der Waals surface area (Å²) in [7, 11) is 0. The van der Waals surface area contributed by atoms with Crippen LogP contribution in [0.2, 0.25) is 0 Å². The lowest BCUT2D eigenvalue weighted by Crippen LogP contribution is -2.26. The number of rotatable bonds is 5. The van der Waals surface area contributed by atoms with Crippen LogP contribution in [0.4, 0.5) is 4.39 Å². The second-order valence-electron chi connectivity index (χ2n) is 3.30.